The van der Waals surface area contributed by atoms with E-state index in [2.05, 4.69) is 0 Å². The van der Waals surface area contributed by atoms with Gasteiger partial charge in [-0.15, -0.1) is 0 Å². The average molecular weight is 373 g/mol. The number of piperazine rings is 1. The molecule has 0 radical (unpaired) electrons. The van der Waals surface area contributed by atoms with E-state index in [0.717, 1.165) is 44.9 Å². The summed E-state index contributed by atoms with van der Waals surface area (Å²) in [6, 6.07) is 0.147. The van der Waals surface area contributed by atoms with Crippen LogP contribution in [0.25, 0.3) is 0 Å². The maximum absolute atomic E-state index is 12.8. The minimum atomic E-state index is -3.38. The van der Waals surface area contributed by atoms with E-state index in [1.165, 1.54) is 0 Å². The summed E-state index contributed by atoms with van der Waals surface area (Å²) in [4.78, 5) is 14.3. The Kier molecular flexibility index (Phi) is 6.35. The fourth-order valence-corrected chi connectivity index (χ4v) is 5.95. The lowest BCUT2D eigenvalue weighted by Crippen LogP contribution is -2.54. The van der Waals surface area contributed by atoms with Crippen molar-refractivity contribution < 1.29 is 13.2 Å². The second-order valence-electron chi connectivity index (χ2n) is 7.66. The molecule has 25 heavy (non-hydrogen) atoms. The van der Waals surface area contributed by atoms with E-state index in [1.807, 2.05) is 4.90 Å². The van der Waals surface area contributed by atoms with Gasteiger partial charge in [-0.1, -0.05) is 19.3 Å². The van der Waals surface area contributed by atoms with Crippen LogP contribution >= 0.6 is 0 Å². The van der Waals surface area contributed by atoms with E-state index in [-0.39, 0.29) is 11.9 Å². The molecule has 1 saturated carbocycles. The Morgan fingerprint density at radius 2 is 1.44 bits per heavy atom. The van der Waals surface area contributed by atoms with E-state index >= 15 is 0 Å². The van der Waals surface area contributed by atoms with Crippen molar-refractivity contribution >= 4 is 16.1 Å². The first-order valence-electron chi connectivity index (χ1n) is 9.77. The molecular formula is C17H32N4O3S. The van der Waals surface area contributed by atoms with Crippen molar-refractivity contribution in [2.45, 2.75) is 57.4 Å². The van der Waals surface area contributed by atoms with Gasteiger partial charge in [-0.25, -0.2) is 0 Å². The third kappa shape index (κ3) is 4.53. The first kappa shape index (κ1) is 19.1. The van der Waals surface area contributed by atoms with Crippen LogP contribution in [0.5, 0.6) is 0 Å². The topological polar surface area (TPSA) is 87.0 Å². The lowest BCUT2D eigenvalue weighted by atomic mass is 9.99. The summed E-state index contributed by atoms with van der Waals surface area (Å²) < 4.78 is 28.8. The third-order valence-corrected chi connectivity index (χ3v) is 8.00. The van der Waals surface area contributed by atoms with E-state index in [0.29, 0.717) is 51.6 Å². The normalized spacial score (nSPS) is 30.4. The maximum atomic E-state index is 12.8. The van der Waals surface area contributed by atoms with E-state index in [1.54, 1.807) is 8.61 Å². The number of hydrogen-bond acceptors (Lipinski definition) is 4. The second kappa shape index (κ2) is 8.33. The monoisotopic (exact) mass is 372 g/mol. The molecule has 0 aromatic rings. The van der Waals surface area contributed by atoms with E-state index in [4.69, 9.17) is 5.73 Å². The Morgan fingerprint density at radius 1 is 0.840 bits per heavy atom. The molecule has 0 bridgehead atoms. The molecular weight excluding hydrogens is 340 g/mol. The van der Waals surface area contributed by atoms with Gasteiger partial charge in [0.05, 0.1) is 0 Å². The number of nitrogens with zero attached hydrogens (tertiary/aromatic N) is 3. The maximum Gasteiger partial charge on any atom is 0.282 e. The van der Waals surface area contributed by atoms with Crippen LogP contribution in [-0.4, -0.2) is 73.1 Å². The minimum Gasteiger partial charge on any atom is -0.340 e. The number of carbonyl (C=O) groups is 1. The smallest absolute Gasteiger partial charge is 0.282 e. The highest BCUT2D eigenvalue weighted by Crippen LogP contribution is 2.27. The van der Waals surface area contributed by atoms with Crippen LogP contribution in [0.2, 0.25) is 0 Å². The standard InChI is InChI=1S/C17H32N4O3S/c18-16-7-5-6-15(16)14-17(22)19-10-12-21(13-11-19)25(23,24)20-8-3-1-2-4-9-20/h15-16H,1-14,18H2/t15-,16+/m0/s1. The molecule has 1 amide bonds. The highest BCUT2D eigenvalue weighted by atomic mass is 32.2. The van der Waals surface area contributed by atoms with Gasteiger partial charge in [0.2, 0.25) is 5.91 Å². The zero-order valence-corrected chi connectivity index (χ0v) is 15.9. The van der Waals surface area contributed by atoms with Gasteiger partial charge in [-0.05, 0) is 31.6 Å². The number of amides is 1. The fourth-order valence-electron chi connectivity index (χ4n) is 4.28. The molecule has 2 saturated heterocycles. The van der Waals surface area contributed by atoms with Gasteiger partial charge in [0.15, 0.2) is 0 Å². The van der Waals surface area contributed by atoms with Gasteiger partial charge >= 0.3 is 0 Å². The summed E-state index contributed by atoms with van der Waals surface area (Å²) in [6.07, 6.45) is 7.78. The molecule has 0 unspecified atom stereocenters. The van der Waals surface area contributed by atoms with E-state index < -0.39 is 10.2 Å². The predicted molar refractivity (Wildman–Crippen MR) is 97.0 cm³/mol. The number of nitrogens with two attached hydrogens (primary N) is 1. The number of rotatable bonds is 4. The number of carbonyl (C=O) groups excluding carboxylic acids is 1. The third-order valence-electron chi connectivity index (χ3n) is 5.96. The lowest BCUT2D eigenvalue weighted by Gasteiger charge is -2.37. The Morgan fingerprint density at radius 3 is 2.00 bits per heavy atom. The van der Waals surface area contributed by atoms with Gasteiger partial charge in [-0.2, -0.15) is 17.0 Å². The van der Waals surface area contributed by atoms with Gasteiger partial charge < -0.3 is 10.6 Å². The zero-order valence-electron chi connectivity index (χ0n) is 15.1. The molecule has 1 aliphatic carbocycles. The highest BCUT2D eigenvalue weighted by molar-refractivity contribution is 7.86. The zero-order chi connectivity index (χ0) is 17.9. The van der Waals surface area contributed by atoms with Crippen molar-refractivity contribution in [3.63, 3.8) is 0 Å². The van der Waals surface area contributed by atoms with E-state index in [9.17, 15) is 13.2 Å². The molecule has 2 atom stereocenters. The van der Waals surface area contributed by atoms with Crippen molar-refractivity contribution in [2.24, 2.45) is 11.7 Å². The second-order valence-corrected chi connectivity index (χ2v) is 9.59. The van der Waals surface area contributed by atoms with Crippen LogP contribution in [0.4, 0.5) is 0 Å². The molecule has 7 nitrogen and oxygen atoms in total. The first-order chi connectivity index (χ1) is 12.0. The summed E-state index contributed by atoms with van der Waals surface area (Å²) in [5.41, 5.74) is 6.07. The summed E-state index contributed by atoms with van der Waals surface area (Å²) in [5.74, 6) is 0.431. The molecule has 3 fully saturated rings. The van der Waals surface area contributed by atoms with Gasteiger partial charge in [0.1, 0.15) is 0 Å². The summed E-state index contributed by atoms with van der Waals surface area (Å²) in [7, 11) is -3.38. The highest BCUT2D eigenvalue weighted by Gasteiger charge is 2.34. The van der Waals surface area contributed by atoms with Crippen molar-refractivity contribution in [1.29, 1.82) is 0 Å². The Hall–Kier alpha value is -0.700. The summed E-state index contributed by atoms with van der Waals surface area (Å²) >= 11 is 0. The Bertz CT molecular complexity index is 552. The largest absolute Gasteiger partial charge is 0.340 e. The van der Waals surface area contributed by atoms with Crippen molar-refractivity contribution in [2.75, 3.05) is 39.3 Å². The molecule has 0 aromatic carbocycles. The van der Waals surface area contributed by atoms with Crippen molar-refractivity contribution in [3.05, 3.63) is 0 Å². The van der Waals surface area contributed by atoms with Gasteiger partial charge in [0.25, 0.3) is 10.2 Å². The average Bonchev–Trinajstić information content (AvgIpc) is 2.85. The molecule has 0 aromatic heterocycles. The van der Waals surface area contributed by atoms with Crippen molar-refractivity contribution in [1.82, 2.24) is 13.5 Å². The molecule has 2 heterocycles. The molecule has 2 aliphatic heterocycles. The summed E-state index contributed by atoms with van der Waals surface area (Å²) in [5, 5.41) is 0. The molecule has 2 N–H and O–H groups in total. The molecule has 3 rings (SSSR count). The predicted octanol–water partition coefficient (Wildman–Crippen LogP) is 0.769. The molecule has 8 heteroatoms. The SMILES string of the molecule is N[C@@H]1CCC[C@H]1CC(=O)N1CCN(S(=O)(=O)N2CCCCCC2)CC1. The van der Waals surface area contributed by atoms with Crippen LogP contribution in [0.1, 0.15) is 51.4 Å². The molecule has 144 valence electrons. The molecule has 0 spiro atoms. The van der Waals surface area contributed by atoms with Gasteiger partial charge in [-0.3, -0.25) is 4.79 Å². The number of hydrogen-bond donors (Lipinski definition) is 1. The first-order valence-corrected chi connectivity index (χ1v) is 11.2. The van der Waals surface area contributed by atoms with Crippen LogP contribution < -0.4 is 5.73 Å². The Labute approximate surface area is 151 Å². The minimum absolute atomic E-state index is 0.133. The summed E-state index contributed by atoms with van der Waals surface area (Å²) in [6.45, 7) is 3.05. The molecule has 3 aliphatic rings. The van der Waals surface area contributed by atoms with Crippen LogP contribution in [-0.2, 0) is 15.0 Å². The fraction of sp³-hybridized carbons (Fsp3) is 0.941. The lowest BCUT2D eigenvalue weighted by molar-refractivity contribution is -0.133. The van der Waals surface area contributed by atoms with Gasteiger partial charge in [0, 0.05) is 51.7 Å². The van der Waals surface area contributed by atoms with Crippen molar-refractivity contribution in [3.8, 4) is 0 Å². The Balaban J connectivity index is 1.51. The van der Waals surface area contributed by atoms with Crippen LogP contribution in [0.15, 0.2) is 0 Å². The quantitative estimate of drug-likeness (QED) is 0.790. The van der Waals surface area contributed by atoms with Crippen LogP contribution in [0, 0.1) is 5.92 Å². The van der Waals surface area contributed by atoms with Crippen LogP contribution in [0.3, 0.4) is 0 Å².